The number of hydrogen-bond acceptors (Lipinski definition) is 13. The molecule has 7 heterocycles. The van der Waals surface area contributed by atoms with Crippen molar-refractivity contribution < 1.29 is 29.1 Å². The lowest BCUT2D eigenvalue weighted by molar-refractivity contribution is -0.141. The van der Waals surface area contributed by atoms with Crippen molar-refractivity contribution in [2.24, 2.45) is 11.8 Å². The van der Waals surface area contributed by atoms with Crippen LogP contribution in [0.15, 0.2) is 76.8 Å². The molecule has 2 aromatic carbocycles. The van der Waals surface area contributed by atoms with Crippen LogP contribution in [-0.2, 0) is 14.4 Å². The second-order valence-corrected chi connectivity index (χ2v) is 19.1. The van der Waals surface area contributed by atoms with E-state index < -0.39 is 18.1 Å². The number of aromatic nitrogens is 4. The molecule has 62 heavy (non-hydrogen) atoms. The van der Waals surface area contributed by atoms with Gasteiger partial charge >= 0.3 is 0 Å². The number of hydrogen-bond donors (Lipinski definition) is 3. The summed E-state index contributed by atoms with van der Waals surface area (Å²) in [6.07, 6.45) is 0.681. The van der Waals surface area contributed by atoms with Gasteiger partial charge in [-0.2, -0.15) is 0 Å². The smallest absolute Gasteiger partial charge is 0.243 e. The number of carbonyl (C=O) groups excluding carboxylic acids is 3. The molecule has 16 heteroatoms. The standard InChI is InChI=1S/C46H50N8O6S2/c1-25(2)42(46(59)54-23-32(55)17-36(54)44(57)48-26(3)28-9-11-29(12-10-28)43-27(4)47-24-61-43)38-20-41(51-60-38)52-15-13-30(14-16-52)45(58)53-21-31(22-53)39-19-35-40(62-39)18-34(49-50-35)33-7-5-6-8-37(33)56/h5-12,18-20,24-26,30-32,36,42,55-56H,13-17,21-23H2,1-4H3,(H,48,57)/t26-,32+,36-,42+/m0/s1. The van der Waals surface area contributed by atoms with E-state index in [0.717, 1.165) is 31.9 Å². The number of phenolic OH excluding ortho intramolecular Hbond substituents is 1. The van der Waals surface area contributed by atoms with Crippen LogP contribution in [0.3, 0.4) is 0 Å². The summed E-state index contributed by atoms with van der Waals surface area (Å²) in [4.78, 5) is 53.8. The molecular formula is C46H50N8O6S2. The van der Waals surface area contributed by atoms with Gasteiger partial charge in [-0.1, -0.05) is 55.4 Å². The summed E-state index contributed by atoms with van der Waals surface area (Å²) in [5.74, 6) is 0.0621. The van der Waals surface area contributed by atoms with Crippen molar-refractivity contribution in [1.82, 2.24) is 35.5 Å². The summed E-state index contributed by atoms with van der Waals surface area (Å²) in [7, 11) is 0. The molecule has 0 spiro atoms. The Hall–Kier alpha value is -5.71. The van der Waals surface area contributed by atoms with Crippen molar-refractivity contribution in [3.63, 3.8) is 0 Å². The van der Waals surface area contributed by atoms with E-state index in [-0.39, 0.29) is 60.2 Å². The minimum absolute atomic E-state index is 0.0538. The van der Waals surface area contributed by atoms with Crippen LogP contribution >= 0.6 is 22.7 Å². The van der Waals surface area contributed by atoms with Crippen molar-refractivity contribution in [2.75, 3.05) is 37.6 Å². The van der Waals surface area contributed by atoms with Crippen molar-refractivity contribution >= 4 is 56.4 Å². The fourth-order valence-corrected chi connectivity index (χ4v) is 10.9. The van der Waals surface area contributed by atoms with Gasteiger partial charge in [0.25, 0.3) is 0 Å². The summed E-state index contributed by atoms with van der Waals surface area (Å²) in [6, 6.07) is 19.8. The maximum atomic E-state index is 14.3. The molecule has 0 radical (unpaired) electrons. The van der Waals surface area contributed by atoms with E-state index in [1.807, 2.05) is 86.6 Å². The molecule has 9 rings (SSSR count). The number of amides is 3. The number of piperidine rings is 1. The number of benzene rings is 2. The average molecular weight is 875 g/mol. The zero-order chi connectivity index (χ0) is 43.2. The SMILES string of the molecule is Cc1ncsc1-c1ccc([C@H](C)NC(=O)[C@@H]2C[C@@H](O)CN2C(=O)[C@@H](c2cc(N3CCC(C(=O)N4CC(c5cc6nnc(-c7ccccc7O)cc6s5)C4)CC3)no2)C(C)C)cc1. The molecule has 3 amide bonds. The third-order valence-corrected chi connectivity index (χ3v) is 14.8. The number of aliphatic hydroxyl groups is 1. The molecule has 0 aliphatic carbocycles. The highest BCUT2D eigenvalue weighted by Crippen LogP contribution is 2.39. The van der Waals surface area contributed by atoms with Crippen LogP contribution in [0.5, 0.6) is 5.75 Å². The predicted molar refractivity (Wildman–Crippen MR) is 238 cm³/mol. The molecule has 322 valence electrons. The lowest BCUT2D eigenvalue weighted by Gasteiger charge is -2.42. The van der Waals surface area contributed by atoms with Crippen LogP contribution in [-0.4, -0.2) is 103 Å². The third kappa shape index (κ3) is 8.18. The number of thiophene rings is 1. The summed E-state index contributed by atoms with van der Waals surface area (Å²) in [6.45, 7) is 10.4. The first kappa shape index (κ1) is 41.6. The van der Waals surface area contributed by atoms with Crippen LogP contribution < -0.4 is 10.2 Å². The molecule has 0 unspecified atom stereocenters. The largest absolute Gasteiger partial charge is 0.507 e. The van der Waals surface area contributed by atoms with Gasteiger partial charge in [0.15, 0.2) is 11.6 Å². The molecule has 0 saturated carbocycles. The Kier molecular flexibility index (Phi) is 11.6. The number of aliphatic hydroxyl groups excluding tert-OH is 1. The molecule has 3 saturated heterocycles. The van der Waals surface area contributed by atoms with Crippen molar-refractivity contribution in [3.05, 3.63) is 94.1 Å². The number of nitrogens with one attached hydrogen (secondary N) is 1. The number of likely N-dealkylation sites (tertiary alicyclic amines) is 2. The molecule has 4 atom stereocenters. The highest BCUT2D eigenvalue weighted by molar-refractivity contribution is 7.19. The van der Waals surface area contributed by atoms with Gasteiger partial charge in [-0.05, 0) is 68.0 Å². The van der Waals surface area contributed by atoms with Gasteiger partial charge in [0.05, 0.1) is 38.6 Å². The Labute approximate surface area is 367 Å². The minimum Gasteiger partial charge on any atom is -0.507 e. The number of rotatable bonds is 11. The molecule has 3 fully saturated rings. The normalized spacial score (nSPS) is 19.5. The molecule has 3 aliphatic rings. The maximum absolute atomic E-state index is 14.3. The molecule has 3 N–H and O–H groups in total. The third-order valence-electron chi connectivity index (χ3n) is 12.6. The summed E-state index contributed by atoms with van der Waals surface area (Å²) in [5, 5.41) is 37.2. The van der Waals surface area contributed by atoms with Crippen molar-refractivity contribution in [2.45, 2.75) is 77.0 Å². The predicted octanol–water partition coefficient (Wildman–Crippen LogP) is 6.91. The maximum Gasteiger partial charge on any atom is 0.243 e. The lowest BCUT2D eigenvalue weighted by atomic mass is 9.90. The van der Waals surface area contributed by atoms with E-state index in [9.17, 15) is 24.6 Å². The zero-order valence-electron chi connectivity index (χ0n) is 35.1. The summed E-state index contributed by atoms with van der Waals surface area (Å²) < 4.78 is 6.86. The minimum atomic E-state index is -0.829. The Morgan fingerprint density at radius 3 is 2.42 bits per heavy atom. The zero-order valence-corrected chi connectivity index (χ0v) is 36.7. The van der Waals surface area contributed by atoms with E-state index in [0.29, 0.717) is 61.9 Å². The topological polar surface area (TPSA) is 178 Å². The van der Waals surface area contributed by atoms with Gasteiger partial charge in [-0.15, -0.1) is 32.9 Å². The Morgan fingerprint density at radius 1 is 0.952 bits per heavy atom. The summed E-state index contributed by atoms with van der Waals surface area (Å²) >= 11 is 3.25. The van der Waals surface area contributed by atoms with Crippen molar-refractivity contribution in [1.29, 1.82) is 0 Å². The van der Waals surface area contributed by atoms with Gasteiger partial charge in [-0.3, -0.25) is 14.4 Å². The number of phenols is 1. The fourth-order valence-electron chi connectivity index (χ4n) is 9.02. The molecule has 6 aromatic rings. The van der Waals surface area contributed by atoms with E-state index in [1.165, 1.54) is 9.78 Å². The Morgan fingerprint density at radius 2 is 1.71 bits per heavy atom. The fraction of sp³-hybridized carbons (Fsp3) is 0.413. The van der Waals surface area contributed by atoms with Gasteiger partial charge in [0.2, 0.25) is 17.7 Å². The van der Waals surface area contributed by atoms with E-state index in [2.05, 4.69) is 36.6 Å². The number of para-hydroxylation sites is 1. The molecule has 3 aliphatic heterocycles. The monoisotopic (exact) mass is 874 g/mol. The first-order chi connectivity index (χ1) is 29.9. The molecule has 0 bridgehead atoms. The van der Waals surface area contributed by atoms with Crippen LogP contribution in [0.25, 0.3) is 31.9 Å². The van der Waals surface area contributed by atoms with Gasteiger partial charge < -0.3 is 34.8 Å². The second-order valence-electron chi connectivity index (χ2n) is 17.2. The van der Waals surface area contributed by atoms with Crippen LogP contribution in [0, 0.1) is 18.8 Å². The first-order valence-electron chi connectivity index (χ1n) is 21.3. The lowest BCUT2D eigenvalue weighted by Crippen LogP contribution is -2.52. The van der Waals surface area contributed by atoms with E-state index >= 15 is 0 Å². The van der Waals surface area contributed by atoms with E-state index in [4.69, 9.17) is 4.52 Å². The second kappa shape index (κ2) is 17.2. The Bertz CT molecular complexity index is 2590. The first-order valence-corrected chi connectivity index (χ1v) is 23.0. The number of aromatic hydroxyl groups is 1. The number of anilines is 1. The van der Waals surface area contributed by atoms with Crippen LogP contribution in [0.2, 0.25) is 0 Å². The number of aryl methyl sites for hydroxylation is 1. The quantitative estimate of drug-likeness (QED) is 0.123. The van der Waals surface area contributed by atoms with Gasteiger partial charge in [-0.25, -0.2) is 4.98 Å². The molecule has 4 aromatic heterocycles. The number of fused-ring (bicyclic) bond motifs is 1. The Balaban J connectivity index is 0.784. The number of β-amino-alcohol motifs (C(OH)–C–C–N with tert-alkyl or cyclic N) is 1. The van der Waals surface area contributed by atoms with Gasteiger partial charge in [0.1, 0.15) is 23.2 Å². The number of carbonyl (C=O) groups is 3. The van der Waals surface area contributed by atoms with Crippen LogP contribution in [0.1, 0.15) is 79.8 Å². The average Bonchev–Trinajstić information content (AvgIpc) is 4.07. The van der Waals surface area contributed by atoms with Crippen LogP contribution in [0.4, 0.5) is 5.82 Å². The number of thiazole rings is 1. The molecule has 14 nitrogen and oxygen atoms in total. The van der Waals surface area contributed by atoms with E-state index in [1.54, 1.807) is 34.8 Å². The highest BCUT2D eigenvalue weighted by Gasteiger charge is 2.44. The number of nitrogens with zero attached hydrogens (tertiary/aromatic N) is 7. The molecular weight excluding hydrogens is 825 g/mol. The summed E-state index contributed by atoms with van der Waals surface area (Å²) in [5.41, 5.74) is 6.89. The van der Waals surface area contributed by atoms with Crippen molar-refractivity contribution in [3.8, 4) is 27.4 Å². The van der Waals surface area contributed by atoms with Gasteiger partial charge in [0, 0.05) is 67.5 Å². The highest BCUT2D eigenvalue weighted by atomic mass is 32.1.